The molecule has 20 heavy (non-hydrogen) atoms. The lowest BCUT2D eigenvalue weighted by Crippen LogP contribution is -2.12. The summed E-state index contributed by atoms with van der Waals surface area (Å²) in [6, 6.07) is 11.4. The normalized spacial score (nSPS) is 10.7. The fraction of sp³-hybridized carbons (Fsp3) is 0. The Labute approximate surface area is 114 Å². The predicted octanol–water partition coefficient (Wildman–Crippen LogP) is 3.14. The van der Waals surface area contributed by atoms with Gasteiger partial charge in [0.1, 0.15) is 5.82 Å². The van der Waals surface area contributed by atoms with E-state index in [1.54, 1.807) is 12.4 Å². The molecule has 0 saturated carbocycles. The Kier molecular flexibility index (Phi) is 2.91. The van der Waals surface area contributed by atoms with Gasteiger partial charge in [0.05, 0.1) is 0 Å². The second-order valence-electron chi connectivity index (χ2n) is 4.49. The van der Waals surface area contributed by atoms with Crippen molar-refractivity contribution in [2.24, 2.45) is 5.73 Å². The van der Waals surface area contributed by atoms with Crippen LogP contribution >= 0.6 is 0 Å². The minimum absolute atomic E-state index is 0.305. The summed E-state index contributed by atoms with van der Waals surface area (Å²) in [4.78, 5) is 15.5. The first-order chi connectivity index (χ1) is 9.65. The summed E-state index contributed by atoms with van der Waals surface area (Å²) in [5.41, 5.74) is 6.89. The van der Waals surface area contributed by atoms with Crippen LogP contribution in [-0.4, -0.2) is 10.9 Å². The number of carbonyl (C=O) groups excluding carboxylic acids is 1. The number of fused-ring (bicyclic) bond motifs is 1. The highest BCUT2D eigenvalue weighted by molar-refractivity contribution is 6.00. The highest BCUT2D eigenvalue weighted by Crippen LogP contribution is 2.27. The molecule has 4 heteroatoms. The number of hydrogen-bond donors (Lipinski definition) is 1. The van der Waals surface area contributed by atoms with Crippen LogP contribution in [0, 0.1) is 5.82 Å². The van der Waals surface area contributed by atoms with Crippen LogP contribution in [0.3, 0.4) is 0 Å². The Balaban J connectivity index is 2.24. The van der Waals surface area contributed by atoms with E-state index < -0.39 is 11.7 Å². The maximum Gasteiger partial charge on any atom is 0.249 e. The van der Waals surface area contributed by atoms with E-state index in [1.165, 1.54) is 18.2 Å². The third kappa shape index (κ3) is 2.12. The monoisotopic (exact) mass is 266 g/mol. The van der Waals surface area contributed by atoms with Crippen LogP contribution in [0.5, 0.6) is 0 Å². The largest absolute Gasteiger partial charge is 0.366 e. The Morgan fingerprint density at radius 1 is 1.05 bits per heavy atom. The number of amides is 1. The van der Waals surface area contributed by atoms with Crippen LogP contribution in [0.1, 0.15) is 10.4 Å². The summed E-state index contributed by atoms with van der Waals surface area (Å²) in [5.74, 6) is -0.977. The van der Waals surface area contributed by atoms with Crippen molar-refractivity contribution >= 4 is 16.7 Å². The molecule has 2 N–H and O–H groups in total. The molecule has 0 bridgehead atoms. The van der Waals surface area contributed by atoms with Crippen LogP contribution in [0.2, 0.25) is 0 Å². The van der Waals surface area contributed by atoms with Gasteiger partial charge in [0.15, 0.2) is 0 Å². The molecule has 0 fully saturated rings. The number of aromatic nitrogens is 1. The maximum atomic E-state index is 13.4. The molecular weight excluding hydrogens is 255 g/mol. The first kappa shape index (κ1) is 12.3. The SMILES string of the molecule is NC(=O)c1ccc(F)cc1-c1ccc2cnccc2c1. The molecule has 3 rings (SSSR count). The number of pyridine rings is 1. The number of halogens is 1. The Morgan fingerprint density at radius 2 is 1.90 bits per heavy atom. The number of rotatable bonds is 2. The molecule has 0 atom stereocenters. The molecule has 3 aromatic rings. The summed E-state index contributed by atoms with van der Waals surface area (Å²) in [6.45, 7) is 0. The fourth-order valence-corrected chi connectivity index (χ4v) is 2.22. The zero-order chi connectivity index (χ0) is 14.1. The van der Waals surface area contributed by atoms with Gasteiger partial charge in [-0.2, -0.15) is 0 Å². The zero-order valence-corrected chi connectivity index (χ0v) is 10.5. The van der Waals surface area contributed by atoms with Crippen LogP contribution in [0.15, 0.2) is 54.9 Å². The minimum atomic E-state index is -0.574. The molecule has 0 radical (unpaired) electrons. The molecule has 0 spiro atoms. The number of nitrogens with zero attached hydrogens (tertiary/aromatic N) is 1. The van der Waals surface area contributed by atoms with Gasteiger partial charge in [0.2, 0.25) is 5.91 Å². The van der Waals surface area contributed by atoms with Gasteiger partial charge in [-0.3, -0.25) is 9.78 Å². The van der Waals surface area contributed by atoms with E-state index in [9.17, 15) is 9.18 Å². The van der Waals surface area contributed by atoms with Gasteiger partial charge in [-0.25, -0.2) is 4.39 Å². The van der Waals surface area contributed by atoms with Gasteiger partial charge in [-0.1, -0.05) is 12.1 Å². The molecule has 2 aromatic carbocycles. The number of primary amides is 1. The average molecular weight is 266 g/mol. The molecule has 1 amide bonds. The topological polar surface area (TPSA) is 56.0 Å². The molecule has 0 saturated heterocycles. The molecular formula is C16H11FN2O. The maximum absolute atomic E-state index is 13.4. The second-order valence-corrected chi connectivity index (χ2v) is 4.49. The van der Waals surface area contributed by atoms with Crippen molar-refractivity contribution in [2.45, 2.75) is 0 Å². The minimum Gasteiger partial charge on any atom is -0.366 e. The summed E-state index contributed by atoms with van der Waals surface area (Å²) in [6.07, 6.45) is 3.44. The van der Waals surface area contributed by atoms with E-state index in [0.29, 0.717) is 11.1 Å². The highest BCUT2D eigenvalue weighted by Gasteiger charge is 2.11. The van der Waals surface area contributed by atoms with Crippen molar-refractivity contribution in [1.29, 1.82) is 0 Å². The summed E-state index contributed by atoms with van der Waals surface area (Å²) in [7, 11) is 0. The fourth-order valence-electron chi connectivity index (χ4n) is 2.22. The molecule has 1 aromatic heterocycles. The van der Waals surface area contributed by atoms with E-state index >= 15 is 0 Å². The van der Waals surface area contributed by atoms with Crippen LogP contribution in [0.4, 0.5) is 4.39 Å². The van der Waals surface area contributed by atoms with Gasteiger partial charge in [0.25, 0.3) is 0 Å². The standard InChI is InChI=1S/C16H11FN2O/c17-13-3-4-14(16(18)20)15(8-13)11-1-2-12-9-19-6-5-10(12)7-11/h1-9H,(H2,18,20). The molecule has 1 heterocycles. The Hall–Kier alpha value is -2.75. The molecule has 0 aliphatic heterocycles. The molecule has 0 aliphatic carbocycles. The van der Waals surface area contributed by atoms with Gasteiger partial charge in [0, 0.05) is 23.3 Å². The van der Waals surface area contributed by atoms with Gasteiger partial charge < -0.3 is 5.73 Å². The van der Waals surface area contributed by atoms with Crippen LogP contribution in [-0.2, 0) is 0 Å². The number of hydrogen-bond acceptors (Lipinski definition) is 2. The van der Waals surface area contributed by atoms with Gasteiger partial charge in [-0.15, -0.1) is 0 Å². The number of benzene rings is 2. The lowest BCUT2D eigenvalue weighted by molar-refractivity contribution is 0.100. The van der Waals surface area contributed by atoms with Crippen molar-refractivity contribution < 1.29 is 9.18 Å². The first-order valence-electron chi connectivity index (χ1n) is 6.08. The third-order valence-electron chi connectivity index (χ3n) is 3.20. The van der Waals surface area contributed by atoms with Crippen molar-refractivity contribution in [3.05, 3.63) is 66.2 Å². The molecule has 0 unspecified atom stereocenters. The lowest BCUT2D eigenvalue weighted by atomic mass is 9.97. The Morgan fingerprint density at radius 3 is 2.70 bits per heavy atom. The first-order valence-corrected chi connectivity index (χ1v) is 6.08. The summed E-state index contributed by atoms with van der Waals surface area (Å²) in [5, 5.41) is 1.95. The van der Waals surface area contributed by atoms with Crippen molar-refractivity contribution in [3.8, 4) is 11.1 Å². The van der Waals surface area contributed by atoms with E-state index in [1.807, 2.05) is 24.3 Å². The van der Waals surface area contributed by atoms with Gasteiger partial charge >= 0.3 is 0 Å². The van der Waals surface area contributed by atoms with Crippen molar-refractivity contribution in [2.75, 3.05) is 0 Å². The van der Waals surface area contributed by atoms with Crippen molar-refractivity contribution in [1.82, 2.24) is 4.98 Å². The zero-order valence-electron chi connectivity index (χ0n) is 10.5. The number of carbonyl (C=O) groups is 1. The second kappa shape index (κ2) is 4.74. The quantitative estimate of drug-likeness (QED) is 0.774. The van der Waals surface area contributed by atoms with E-state index in [-0.39, 0.29) is 0 Å². The van der Waals surface area contributed by atoms with Crippen LogP contribution < -0.4 is 5.73 Å². The molecule has 3 nitrogen and oxygen atoms in total. The van der Waals surface area contributed by atoms with E-state index in [4.69, 9.17) is 5.73 Å². The smallest absolute Gasteiger partial charge is 0.249 e. The Bertz CT molecular complexity index is 814. The molecule has 98 valence electrons. The van der Waals surface area contributed by atoms with E-state index in [0.717, 1.165) is 16.3 Å². The number of nitrogens with two attached hydrogens (primary N) is 1. The van der Waals surface area contributed by atoms with Crippen molar-refractivity contribution in [3.63, 3.8) is 0 Å². The summed E-state index contributed by atoms with van der Waals surface area (Å²) < 4.78 is 13.4. The third-order valence-corrected chi connectivity index (χ3v) is 3.20. The highest BCUT2D eigenvalue weighted by atomic mass is 19.1. The predicted molar refractivity (Wildman–Crippen MR) is 75.7 cm³/mol. The lowest BCUT2D eigenvalue weighted by Gasteiger charge is -2.08. The van der Waals surface area contributed by atoms with Crippen LogP contribution in [0.25, 0.3) is 21.9 Å². The molecule has 0 aliphatic rings. The van der Waals surface area contributed by atoms with Gasteiger partial charge in [-0.05, 0) is 46.8 Å². The average Bonchev–Trinajstić information content (AvgIpc) is 2.46. The summed E-state index contributed by atoms with van der Waals surface area (Å²) >= 11 is 0. The van der Waals surface area contributed by atoms with E-state index in [2.05, 4.69) is 4.98 Å².